The fourth-order valence-corrected chi connectivity index (χ4v) is 3.51. The Morgan fingerprint density at radius 2 is 1.24 bits per heavy atom. The van der Waals surface area contributed by atoms with Gasteiger partial charge in [0.15, 0.2) is 0 Å². The number of hydrogen-bond donors (Lipinski definition) is 0. The molecule has 0 saturated heterocycles. The van der Waals surface area contributed by atoms with Gasteiger partial charge >= 0.3 is 0 Å². The van der Waals surface area contributed by atoms with Crippen LogP contribution in [0.25, 0.3) is 11.1 Å². The maximum atomic E-state index is 6.16. The maximum Gasteiger partial charge on any atom is 0.130 e. The van der Waals surface area contributed by atoms with Crippen molar-refractivity contribution in [2.45, 2.75) is 44.9 Å². The van der Waals surface area contributed by atoms with Crippen molar-refractivity contribution in [2.24, 2.45) is 0 Å². The molecule has 0 saturated carbocycles. The molecule has 0 fully saturated rings. The fraction of sp³-hybridized carbons (Fsp3) is 0.520. The van der Waals surface area contributed by atoms with Gasteiger partial charge in [-0.25, -0.2) is 0 Å². The average molecular weight is 400 g/mol. The Bertz CT molecular complexity index is 715. The minimum Gasteiger partial charge on any atom is -0.496 e. The molecule has 0 atom stereocenters. The molecule has 0 aliphatic rings. The molecule has 0 heterocycles. The van der Waals surface area contributed by atoms with Gasteiger partial charge in [0.1, 0.15) is 17.2 Å². The molecule has 4 nitrogen and oxygen atoms in total. The SMILES string of the molecule is COc1ccccc1-c1c(OC)cccc1OCCCCCCCCCN(C)C. The van der Waals surface area contributed by atoms with Crippen LogP contribution in [0.2, 0.25) is 0 Å². The van der Waals surface area contributed by atoms with E-state index in [1.165, 1.54) is 45.1 Å². The Hall–Kier alpha value is -2.20. The zero-order valence-electron chi connectivity index (χ0n) is 18.6. The fourth-order valence-electron chi connectivity index (χ4n) is 3.51. The highest BCUT2D eigenvalue weighted by Gasteiger charge is 2.16. The normalized spacial score (nSPS) is 10.9. The van der Waals surface area contributed by atoms with Crippen molar-refractivity contribution >= 4 is 0 Å². The van der Waals surface area contributed by atoms with Gasteiger partial charge in [-0.1, -0.05) is 56.4 Å². The lowest BCUT2D eigenvalue weighted by Crippen LogP contribution is -2.12. The molecule has 2 rings (SSSR count). The van der Waals surface area contributed by atoms with Gasteiger partial charge in [0.05, 0.1) is 26.4 Å². The summed E-state index contributed by atoms with van der Waals surface area (Å²) >= 11 is 0. The predicted molar refractivity (Wildman–Crippen MR) is 121 cm³/mol. The minimum atomic E-state index is 0.718. The van der Waals surface area contributed by atoms with Crippen molar-refractivity contribution in [1.82, 2.24) is 4.90 Å². The smallest absolute Gasteiger partial charge is 0.130 e. The average Bonchev–Trinajstić information content (AvgIpc) is 2.74. The molecule has 0 aromatic heterocycles. The molecule has 0 aliphatic carbocycles. The first-order valence-electron chi connectivity index (χ1n) is 10.7. The monoisotopic (exact) mass is 399 g/mol. The van der Waals surface area contributed by atoms with Crippen LogP contribution in [-0.4, -0.2) is 46.4 Å². The Labute approximate surface area is 176 Å². The van der Waals surface area contributed by atoms with Crippen molar-refractivity contribution in [3.63, 3.8) is 0 Å². The highest BCUT2D eigenvalue weighted by Crippen LogP contribution is 2.42. The number of benzene rings is 2. The van der Waals surface area contributed by atoms with Gasteiger partial charge in [0, 0.05) is 5.56 Å². The maximum absolute atomic E-state index is 6.16. The second-order valence-electron chi connectivity index (χ2n) is 7.66. The van der Waals surface area contributed by atoms with Crippen LogP contribution in [0.3, 0.4) is 0 Å². The van der Waals surface area contributed by atoms with Crippen LogP contribution in [0.15, 0.2) is 42.5 Å². The van der Waals surface area contributed by atoms with E-state index in [0.717, 1.165) is 41.4 Å². The minimum absolute atomic E-state index is 0.718. The largest absolute Gasteiger partial charge is 0.496 e. The third kappa shape index (κ3) is 7.62. The number of para-hydroxylation sites is 1. The van der Waals surface area contributed by atoms with Gasteiger partial charge < -0.3 is 19.1 Å². The lowest BCUT2D eigenvalue weighted by molar-refractivity contribution is 0.303. The Morgan fingerprint density at radius 3 is 1.93 bits per heavy atom. The summed E-state index contributed by atoms with van der Waals surface area (Å²) < 4.78 is 17.3. The van der Waals surface area contributed by atoms with Crippen molar-refractivity contribution in [2.75, 3.05) is 41.5 Å². The van der Waals surface area contributed by atoms with Gasteiger partial charge in [-0.3, -0.25) is 0 Å². The van der Waals surface area contributed by atoms with E-state index in [2.05, 4.69) is 19.0 Å². The zero-order valence-corrected chi connectivity index (χ0v) is 18.6. The van der Waals surface area contributed by atoms with E-state index in [9.17, 15) is 0 Å². The van der Waals surface area contributed by atoms with Crippen molar-refractivity contribution in [3.8, 4) is 28.4 Å². The molecule has 0 radical (unpaired) electrons. The molecule has 0 spiro atoms. The first kappa shape index (κ1) is 23.1. The number of methoxy groups -OCH3 is 2. The van der Waals surface area contributed by atoms with Crippen molar-refractivity contribution in [1.29, 1.82) is 0 Å². The first-order chi connectivity index (χ1) is 14.2. The molecule has 0 bridgehead atoms. The van der Waals surface area contributed by atoms with E-state index in [1.54, 1.807) is 14.2 Å². The summed E-state index contributed by atoms with van der Waals surface area (Å²) in [6.45, 7) is 1.92. The lowest BCUT2D eigenvalue weighted by Gasteiger charge is -2.17. The number of hydrogen-bond acceptors (Lipinski definition) is 4. The quantitative estimate of drug-likeness (QED) is 0.362. The van der Waals surface area contributed by atoms with Crippen LogP contribution in [0, 0.1) is 0 Å². The number of unbranched alkanes of at least 4 members (excludes halogenated alkanes) is 6. The highest BCUT2D eigenvalue weighted by molar-refractivity contribution is 5.81. The number of nitrogens with zero attached hydrogens (tertiary/aromatic N) is 1. The van der Waals surface area contributed by atoms with Crippen LogP contribution in [0.4, 0.5) is 0 Å². The summed E-state index contributed by atoms with van der Waals surface area (Å²) in [6, 6.07) is 13.9. The molecule has 0 amide bonds. The van der Waals surface area contributed by atoms with Crippen LogP contribution in [0.1, 0.15) is 44.9 Å². The number of ether oxygens (including phenoxy) is 3. The van der Waals surface area contributed by atoms with Crippen LogP contribution in [-0.2, 0) is 0 Å². The zero-order chi connectivity index (χ0) is 20.9. The van der Waals surface area contributed by atoms with E-state index < -0.39 is 0 Å². The van der Waals surface area contributed by atoms with E-state index in [1.807, 2.05) is 42.5 Å². The summed E-state index contributed by atoms with van der Waals surface area (Å²) in [6.07, 6.45) is 8.85. The second kappa shape index (κ2) is 13.1. The third-order valence-electron chi connectivity index (χ3n) is 5.09. The molecule has 160 valence electrons. The molecule has 0 N–H and O–H groups in total. The third-order valence-corrected chi connectivity index (χ3v) is 5.09. The van der Waals surface area contributed by atoms with E-state index in [-0.39, 0.29) is 0 Å². The molecule has 29 heavy (non-hydrogen) atoms. The topological polar surface area (TPSA) is 30.9 Å². The molecular formula is C25H37NO3. The van der Waals surface area contributed by atoms with Crippen molar-refractivity contribution in [3.05, 3.63) is 42.5 Å². The highest BCUT2D eigenvalue weighted by atomic mass is 16.5. The summed E-state index contributed by atoms with van der Waals surface area (Å²) in [4.78, 5) is 2.26. The van der Waals surface area contributed by atoms with Gasteiger partial charge in [-0.05, 0) is 51.7 Å². The van der Waals surface area contributed by atoms with Crippen LogP contribution in [0.5, 0.6) is 17.2 Å². The summed E-state index contributed by atoms with van der Waals surface area (Å²) in [5.41, 5.74) is 1.94. The Balaban J connectivity index is 1.84. The van der Waals surface area contributed by atoms with Gasteiger partial charge in [-0.15, -0.1) is 0 Å². The van der Waals surface area contributed by atoms with Gasteiger partial charge in [-0.2, -0.15) is 0 Å². The van der Waals surface area contributed by atoms with E-state index in [4.69, 9.17) is 14.2 Å². The second-order valence-corrected chi connectivity index (χ2v) is 7.66. The lowest BCUT2D eigenvalue weighted by atomic mass is 10.0. The van der Waals surface area contributed by atoms with Gasteiger partial charge in [0.2, 0.25) is 0 Å². The molecular weight excluding hydrogens is 362 g/mol. The summed E-state index contributed by atoms with van der Waals surface area (Å²) in [5.74, 6) is 2.46. The molecule has 0 aliphatic heterocycles. The summed E-state index contributed by atoms with van der Waals surface area (Å²) in [7, 11) is 7.66. The molecule has 2 aromatic carbocycles. The standard InChI is InChI=1S/C25H37NO3/c1-26(2)19-12-8-6-5-7-9-13-20-29-24-18-14-17-23(28-4)25(24)21-15-10-11-16-22(21)27-3/h10-11,14-18H,5-9,12-13,19-20H2,1-4H3. The van der Waals surface area contributed by atoms with Gasteiger partial charge in [0.25, 0.3) is 0 Å². The van der Waals surface area contributed by atoms with Crippen LogP contribution < -0.4 is 14.2 Å². The van der Waals surface area contributed by atoms with Crippen LogP contribution >= 0.6 is 0 Å². The first-order valence-corrected chi connectivity index (χ1v) is 10.7. The van der Waals surface area contributed by atoms with E-state index >= 15 is 0 Å². The molecule has 0 unspecified atom stereocenters. The van der Waals surface area contributed by atoms with E-state index in [0.29, 0.717) is 0 Å². The summed E-state index contributed by atoms with van der Waals surface area (Å²) in [5, 5.41) is 0. The molecule has 4 heteroatoms. The predicted octanol–water partition coefficient (Wildman–Crippen LogP) is 6.04. The number of rotatable bonds is 14. The Kier molecular flexibility index (Phi) is 10.4. The molecule has 2 aromatic rings. The van der Waals surface area contributed by atoms with Crippen molar-refractivity contribution < 1.29 is 14.2 Å². The Morgan fingerprint density at radius 1 is 0.655 bits per heavy atom.